The number of halogens is 1. The monoisotopic (exact) mass is 229 g/mol. The number of methoxy groups -OCH3 is 1. The van der Waals surface area contributed by atoms with Crippen molar-refractivity contribution in [1.82, 2.24) is 9.97 Å². The first kappa shape index (κ1) is 12.0. The van der Waals surface area contributed by atoms with Crippen LogP contribution in [0.15, 0.2) is 6.07 Å². The number of alkyl halides is 1. The van der Waals surface area contributed by atoms with Gasteiger partial charge in [0.1, 0.15) is 0 Å². The first-order chi connectivity index (χ1) is 7.02. The molecule has 0 saturated heterocycles. The molecule has 0 bridgehead atoms. The zero-order valence-corrected chi connectivity index (χ0v) is 10.2. The Morgan fingerprint density at radius 3 is 2.73 bits per heavy atom. The molecule has 0 aliphatic heterocycles. The number of ether oxygens (including phenoxy) is 1. The van der Waals surface area contributed by atoms with Crippen molar-refractivity contribution in [2.24, 2.45) is 0 Å². The Morgan fingerprint density at radius 1 is 1.53 bits per heavy atom. The molecule has 5 heteroatoms. The van der Waals surface area contributed by atoms with Crippen LogP contribution >= 0.6 is 11.6 Å². The van der Waals surface area contributed by atoms with E-state index < -0.39 is 0 Å². The molecule has 0 fully saturated rings. The molecule has 0 aliphatic rings. The lowest BCUT2D eigenvalue weighted by Crippen LogP contribution is -2.26. The van der Waals surface area contributed by atoms with Crippen molar-refractivity contribution in [1.29, 1.82) is 0 Å². The van der Waals surface area contributed by atoms with E-state index in [1.165, 1.54) is 0 Å². The molecule has 1 aromatic heterocycles. The zero-order chi connectivity index (χ0) is 11.4. The molecule has 0 N–H and O–H groups in total. The van der Waals surface area contributed by atoms with Gasteiger partial charge in [0, 0.05) is 30.7 Å². The second-order valence-corrected chi connectivity index (χ2v) is 4.26. The summed E-state index contributed by atoms with van der Waals surface area (Å²) in [5, 5.41) is 0.0603. The Morgan fingerprint density at radius 2 is 2.20 bits per heavy atom. The van der Waals surface area contributed by atoms with Crippen molar-refractivity contribution in [3.05, 3.63) is 11.8 Å². The van der Waals surface area contributed by atoms with E-state index >= 15 is 0 Å². The highest BCUT2D eigenvalue weighted by atomic mass is 35.5. The Kier molecular flexibility index (Phi) is 4.15. The third-order valence-corrected chi connectivity index (χ3v) is 2.03. The summed E-state index contributed by atoms with van der Waals surface area (Å²) in [5.41, 5.74) is 0.880. The Hall–Kier alpha value is -1.03. The molecule has 1 heterocycles. The van der Waals surface area contributed by atoms with Gasteiger partial charge in [0.2, 0.25) is 11.8 Å². The van der Waals surface area contributed by atoms with Crippen LogP contribution in [0.3, 0.4) is 0 Å². The minimum absolute atomic E-state index is 0.0603. The van der Waals surface area contributed by atoms with Crippen LogP contribution in [-0.4, -0.2) is 36.0 Å². The van der Waals surface area contributed by atoms with E-state index in [1.54, 1.807) is 13.2 Å². The maximum atomic E-state index is 5.91. The Labute approximate surface area is 95.2 Å². The first-order valence-corrected chi connectivity index (χ1v) is 5.21. The van der Waals surface area contributed by atoms with Gasteiger partial charge in [-0.3, -0.25) is 0 Å². The van der Waals surface area contributed by atoms with Crippen LogP contribution in [0.1, 0.15) is 12.6 Å². The molecule has 0 aliphatic carbocycles. The lowest BCUT2D eigenvalue weighted by molar-refractivity contribution is 0.396. The molecular weight excluding hydrogens is 214 g/mol. The number of anilines is 1. The summed E-state index contributed by atoms with van der Waals surface area (Å²) in [4.78, 5) is 10.5. The van der Waals surface area contributed by atoms with Gasteiger partial charge in [-0.2, -0.15) is 4.98 Å². The summed E-state index contributed by atoms with van der Waals surface area (Å²) in [5.74, 6) is 1.21. The number of aromatic nitrogens is 2. The summed E-state index contributed by atoms with van der Waals surface area (Å²) >= 11 is 5.91. The van der Waals surface area contributed by atoms with Crippen molar-refractivity contribution in [2.45, 2.75) is 19.2 Å². The van der Waals surface area contributed by atoms with Crippen LogP contribution in [0, 0.1) is 6.92 Å². The van der Waals surface area contributed by atoms with Gasteiger partial charge < -0.3 is 9.64 Å². The molecule has 15 heavy (non-hydrogen) atoms. The van der Waals surface area contributed by atoms with E-state index in [0.29, 0.717) is 18.4 Å². The van der Waals surface area contributed by atoms with E-state index in [-0.39, 0.29) is 5.38 Å². The maximum Gasteiger partial charge on any atom is 0.228 e. The third-order valence-electron chi connectivity index (χ3n) is 1.89. The molecule has 0 spiro atoms. The van der Waals surface area contributed by atoms with Crippen molar-refractivity contribution in [3.63, 3.8) is 0 Å². The second-order valence-electron chi connectivity index (χ2n) is 3.51. The van der Waals surface area contributed by atoms with E-state index in [0.717, 1.165) is 5.69 Å². The fourth-order valence-corrected chi connectivity index (χ4v) is 1.47. The lowest BCUT2D eigenvalue weighted by Gasteiger charge is -2.18. The van der Waals surface area contributed by atoms with E-state index in [1.807, 2.05) is 25.8 Å². The van der Waals surface area contributed by atoms with E-state index in [9.17, 15) is 0 Å². The summed E-state index contributed by atoms with van der Waals surface area (Å²) < 4.78 is 5.08. The van der Waals surface area contributed by atoms with Crippen LogP contribution in [-0.2, 0) is 0 Å². The lowest BCUT2D eigenvalue weighted by atomic mass is 10.4. The highest BCUT2D eigenvalue weighted by Crippen LogP contribution is 2.14. The van der Waals surface area contributed by atoms with Gasteiger partial charge in [0.05, 0.1) is 7.11 Å². The number of hydrogen-bond donors (Lipinski definition) is 0. The highest BCUT2D eigenvalue weighted by Gasteiger charge is 2.09. The van der Waals surface area contributed by atoms with Crippen LogP contribution in [0.5, 0.6) is 5.88 Å². The number of nitrogens with zero attached hydrogens (tertiary/aromatic N) is 3. The fourth-order valence-electron chi connectivity index (χ4n) is 1.26. The smallest absolute Gasteiger partial charge is 0.228 e. The van der Waals surface area contributed by atoms with Gasteiger partial charge in [-0.05, 0) is 13.8 Å². The van der Waals surface area contributed by atoms with E-state index in [2.05, 4.69) is 9.97 Å². The summed E-state index contributed by atoms with van der Waals surface area (Å²) in [6.07, 6.45) is 0. The maximum absolute atomic E-state index is 5.91. The Bertz CT molecular complexity index is 330. The van der Waals surface area contributed by atoms with Crippen molar-refractivity contribution < 1.29 is 4.74 Å². The van der Waals surface area contributed by atoms with Gasteiger partial charge in [-0.25, -0.2) is 4.98 Å². The quantitative estimate of drug-likeness (QED) is 0.739. The molecule has 1 unspecified atom stereocenters. The normalized spacial score (nSPS) is 12.3. The van der Waals surface area contributed by atoms with Gasteiger partial charge >= 0.3 is 0 Å². The van der Waals surface area contributed by atoms with E-state index in [4.69, 9.17) is 16.3 Å². The van der Waals surface area contributed by atoms with Crippen LogP contribution in [0.2, 0.25) is 0 Å². The zero-order valence-electron chi connectivity index (χ0n) is 9.49. The largest absolute Gasteiger partial charge is 0.481 e. The third kappa shape index (κ3) is 3.55. The fraction of sp³-hybridized carbons (Fsp3) is 0.600. The molecule has 1 aromatic rings. The minimum atomic E-state index is 0.0603. The molecule has 1 rings (SSSR count). The minimum Gasteiger partial charge on any atom is -0.481 e. The van der Waals surface area contributed by atoms with Crippen LogP contribution in [0.25, 0.3) is 0 Å². The van der Waals surface area contributed by atoms with Crippen molar-refractivity contribution in [3.8, 4) is 5.88 Å². The molecular formula is C10H16ClN3O. The molecule has 1 atom stereocenters. The van der Waals surface area contributed by atoms with Crippen molar-refractivity contribution >= 4 is 17.5 Å². The van der Waals surface area contributed by atoms with Crippen LogP contribution < -0.4 is 9.64 Å². The molecule has 0 amide bonds. The molecule has 0 radical (unpaired) electrons. The van der Waals surface area contributed by atoms with Gasteiger partial charge in [0.15, 0.2) is 0 Å². The van der Waals surface area contributed by atoms with Gasteiger partial charge in [0.25, 0.3) is 0 Å². The van der Waals surface area contributed by atoms with Gasteiger partial charge in [-0.1, -0.05) is 0 Å². The van der Waals surface area contributed by atoms with Crippen molar-refractivity contribution in [2.75, 3.05) is 25.6 Å². The molecule has 0 aromatic carbocycles. The molecule has 84 valence electrons. The second kappa shape index (κ2) is 5.16. The Balaban J connectivity index is 2.88. The number of rotatable bonds is 4. The summed E-state index contributed by atoms with van der Waals surface area (Å²) in [6, 6.07) is 1.79. The number of hydrogen-bond acceptors (Lipinski definition) is 4. The van der Waals surface area contributed by atoms with Crippen LogP contribution in [0.4, 0.5) is 5.95 Å². The molecule has 0 saturated carbocycles. The average molecular weight is 230 g/mol. The standard InChI is InChI=1S/C10H16ClN3O/c1-7(11)6-14(3)10-12-8(2)5-9(13-10)15-4/h5,7H,6H2,1-4H3. The highest BCUT2D eigenvalue weighted by molar-refractivity contribution is 6.20. The SMILES string of the molecule is COc1cc(C)nc(N(C)CC(C)Cl)n1. The topological polar surface area (TPSA) is 38.2 Å². The van der Waals surface area contributed by atoms with Gasteiger partial charge in [-0.15, -0.1) is 11.6 Å². The predicted octanol–water partition coefficient (Wildman–Crippen LogP) is 1.86. The first-order valence-electron chi connectivity index (χ1n) is 4.78. The predicted molar refractivity (Wildman–Crippen MR) is 61.9 cm³/mol. The summed E-state index contributed by atoms with van der Waals surface area (Å²) in [7, 11) is 3.50. The molecule has 4 nitrogen and oxygen atoms in total. The summed E-state index contributed by atoms with van der Waals surface area (Å²) in [6.45, 7) is 4.55. The number of aryl methyl sites for hydroxylation is 1. The average Bonchev–Trinajstić information content (AvgIpc) is 2.15.